The molecule has 0 aliphatic carbocycles. The Morgan fingerprint density at radius 1 is 1.62 bits per heavy atom. The number of hydrogen-bond acceptors (Lipinski definition) is 3. The molecule has 0 aliphatic rings. The van der Waals surface area contributed by atoms with E-state index in [0.717, 1.165) is 6.21 Å². The molecule has 0 aromatic carbocycles. The zero-order valence-corrected chi connectivity index (χ0v) is 5.53. The van der Waals surface area contributed by atoms with Crippen molar-refractivity contribution in [3.05, 3.63) is 0 Å². The number of nitrogens with one attached hydrogen (secondary N) is 1. The van der Waals surface area contributed by atoms with Gasteiger partial charge in [-0.25, -0.2) is 8.42 Å². The van der Waals surface area contributed by atoms with E-state index in [4.69, 9.17) is 5.41 Å². The second kappa shape index (κ2) is 2.81. The fourth-order valence-electron chi connectivity index (χ4n) is 0.245. The van der Waals surface area contributed by atoms with Crippen molar-refractivity contribution >= 4 is 16.1 Å². The lowest BCUT2D eigenvalue weighted by Crippen LogP contribution is -2.08. The van der Waals surface area contributed by atoms with Gasteiger partial charge in [0.15, 0.2) is 9.84 Å². The first-order valence-corrected chi connectivity index (χ1v) is 4.14. The topological polar surface area (TPSA) is 58.0 Å². The van der Waals surface area contributed by atoms with E-state index in [-0.39, 0.29) is 11.5 Å². The molecule has 0 aromatic rings. The summed E-state index contributed by atoms with van der Waals surface area (Å²) < 4.78 is 20.9. The van der Waals surface area contributed by atoms with Gasteiger partial charge >= 0.3 is 0 Å². The molecule has 4 heteroatoms. The molecule has 0 fully saturated rings. The van der Waals surface area contributed by atoms with Crippen LogP contribution in [0.25, 0.3) is 0 Å². The van der Waals surface area contributed by atoms with Crippen LogP contribution in [0.5, 0.6) is 0 Å². The van der Waals surface area contributed by atoms with Gasteiger partial charge < -0.3 is 5.41 Å². The SMILES string of the molecule is CCS(=O)(=O)CC=N. The fourth-order valence-corrected chi connectivity index (χ4v) is 0.734. The molecule has 0 amide bonds. The Balaban J connectivity index is 3.94. The average molecular weight is 135 g/mol. The quantitative estimate of drug-likeness (QED) is 0.557. The normalized spacial score (nSPS) is 11.1. The Hall–Kier alpha value is -0.380. The standard InChI is InChI=1S/C4H9NO2S/c1-2-8(6,7)4-3-5/h3,5H,2,4H2,1H3. The first-order valence-electron chi connectivity index (χ1n) is 2.31. The van der Waals surface area contributed by atoms with E-state index >= 15 is 0 Å². The molecule has 48 valence electrons. The van der Waals surface area contributed by atoms with Crippen LogP contribution < -0.4 is 0 Å². The predicted octanol–water partition coefficient (Wildman–Crippen LogP) is 0.0707. The monoisotopic (exact) mass is 135 g/mol. The minimum Gasteiger partial charge on any atom is -0.312 e. The van der Waals surface area contributed by atoms with Crippen molar-refractivity contribution < 1.29 is 8.42 Å². The summed E-state index contributed by atoms with van der Waals surface area (Å²) in [4.78, 5) is 0. The van der Waals surface area contributed by atoms with E-state index < -0.39 is 9.84 Å². The van der Waals surface area contributed by atoms with Gasteiger partial charge in [0.05, 0.1) is 5.75 Å². The summed E-state index contributed by atoms with van der Waals surface area (Å²) in [5.74, 6) is 0.00583. The predicted molar refractivity (Wildman–Crippen MR) is 33.1 cm³/mol. The second-order valence-electron chi connectivity index (χ2n) is 1.40. The zero-order chi connectivity index (χ0) is 6.62. The lowest BCUT2D eigenvalue weighted by molar-refractivity contribution is 0.601. The highest BCUT2D eigenvalue weighted by molar-refractivity contribution is 7.91. The minimum absolute atomic E-state index is 0.122. The summed E-state index contributed by atoms with van der Waals surface area (Å²) in [5.41, 5.74) is 0. The van der Waals surface area contributed by atoms with Gasteiger partial charge in [-0.15, -0.1) is 0 Å². The van der Waals surface area contributed by atoms with Crippen LogP contribution in [0, 0.1) is 5.41 Å². The summed E-state index contributed by atoms with van der Waals surface area (Å²) in [6.07, 6.45) is 0.902. The van der Waals surface area contributed by atoms with Crippen molar-refractivity contribution in [3.8, 4) is 0 Å². The number of rotatable bonds is 3. The molecule has 0 atom stereocenters. The van der Waals surface area contributed by atoms with E-state index in [1.165, 1.54) is 0 Å². The molecule has 0 aromatic heterocycles. The van der Waals surface area contributed by atoms with Gasteiger partial charge in [0, 0.05) is 12.0 Å². The van der Waals surface area contributed by atoms with Crippen molar-refractivity contribution in [2.75, 3.05) is 11.5 Å². The number of sulfone groups is 1. The molecule has 0 saturated carbocycles. The fraction of sp³-hybridized carbons (Fsp3) is 0.750. The number of hydrogen-bond donors (Lipinski definition) is 1. The molecule has 0 bridgehead atoms. The van der Waals surface area contributed by atoms with E-state index in [9.17, 15) is 8.42 Å². The molecule has 0 spiro atoms. The summed E-state index contributed by atoms with van der Waals surface area (Å²) in [5, 5.41) is 6.46. The Morgan fingerprint density at radius 2 is 2.12 bits per heavy atom. The van der Waals surface area contributed by atoms with E-state index in [1.54, 1.807) is 6.92 Å². The average Bonchev–Trinajstić information content (AvgIpc) is 1.67. The van der Waals surface area contributed by atoms with Crippen LogP contribution >= 0.6 is 0 Å². The third-order valence-electron chi connectivity index (χ3n) is 0.777. The maximum Gasteiger partial charge on any atom is 0.155 e. The molecule has 0 aliphatic heterocycles. The smallest absolute Gasteiger partial charge is 0.155 e. The summed E-state index contributed by atoms with van der Waals surface area (Å²) >= 11 is 0. The highest BCUT2D eigenvalue weighted by atomic mass is 32.2. The molecule has 0 heterocycles. The molecule has 8 heavy (non-hydrogen) atoms. The van der Waals surface area contributed by atoms with Gasteiger partial charge in [0.2, 0.25) is 0 Å². The van der Waals surface area contributed by atoms with Gasteiger partial charge in [0.25, 0.3) is 0 Å². The second-order valence-corrected chi connectivity index (χ2v) is 3.80. The van der Waals surface area contributed by atoms with Gasteiger partial charge in [-0.3, -0.25) is 0 Å². The lowest BCUT2D eigenvalue weighted by atomic mass is 10.9. The van der Waals surface area contributed by atoms with Crippen LogP contribution in [0.15, 0.2) is 0 Å². The Kier molecular flexibility index (Phi) is 2.68. The third kappa shape index (κ3) is 2.74. The van der Waals surface area contributed by atoms with Gasteiger partial charge in [-0.1, -0.05) is 6.92 Å². The Morgan fingerprint density at radius 3 is 2.25 bits per heavy atom. The minimum atomic E-state index is -2.91. The molecular formula is C4H9NO2S. The van der Waals surface area contributed by atoms with Crippen LogP contribution in [0.4, 0.5) is 0 Å². The Bertz CT molecular complexity index is 159. The first kappa shape index (κ1) is 7.62. The van der Waals surface area contributed by atoms with Crippen molar-refractivity contribution in [2.24, 2.45) is 0 Å². The summed E-state index contributed by atoms with van der Waals surface area (Å²) in [7, 11) is -2.91. The van der Waals surface area contributed by atoms with Crippen molar-refractivity contribution in [1.29, 1.82) is 5.41 Å². The van der Waals surface area contributed by atoms with Crippen LogP contribution in [-0.2, 0) is 9.84 Å². The van der Waals surface area contributed by atoms with Gasteiger partial charge in [0.1, 0.15) is 0 Å². The highest BCUT2D eigenvalue weighted by Gasteiger charge is 2.01. The molecule has 0 rings (SSSR count). The van der Waals surface area contributed by atoms with Crippen LogP contribution in [0.2, 0.25) is 0 Å². The molecule has 1 N–H and O–H groups in total. The van der Waals surface area contributed by atoms with Crippen LogP contribution in [0.1, 0.15) is 6.92 Å². The largest absolute Gasteiger partial charge is 0.312 e. The van der Waals surface area contributed by atoms with Gasteiger partial charge in [-0.2, -0.15) is 0 Å². The maximum absolute atomic E-state index is 10.4. The van der Waals surface area contributed by atoms with Crippen molar-refractivity contribution in [1.82, 2.24) is 0 Å². The van der Waals surface area contributed by atoms with Crippen molar-refractivity contribution in [2.45, 2.75) is 6.92 Å². The molecule has 3 nitrogen and oxygen atoms in total. The molecule has 0 radical (unpaired) electrons. The molecule has 0 unspecified atom stereocenters. The van der Waals surface area contributed by atoms with Gasteiger partial charge in [-0.05, 0) is 0 Å². The Labute approximate surface area is 49.1 Å². The highest BCUT2D eigenvalue weighted by Crippen LogP contribution is 1.83. The van der Waals surface area contributed by atoms with E-state index in [2.05, 4.69) is 0 Å². The van der Waals surface area contributed by atoms with Crippen LogP contribution in [-0.4, -0.2) is 26.1 Å². The van der Waals surface area contributed by atoms with E-state index in [0.29, 0.717) is 0 Å². The lowest BCUT2D eigenvalue weighted by Gasteiger charge is -1.90. The van der Waals surface area contributed by atoms with E-state index in [1.807, 2.05) is 0 Å². The van der Waals surface area contributed by atoms with Crippen molar-refractivity contribution in [3.63, 3.8) is 0 Å². The first-order chi connectivity index (χ1) is 3.62. The molecule has 0 saturated heterocycles. The van der Waals surface area contributed by atoms with Crippen LogP contribution in [0.3, 0.4) is 0 Å². The molecular weight excluding hydrogens is 126 g/mol. The zero-order valence-electron chi connectivity index (χ0n) is 4.72. The third-order valence-corrected chi connectivity index (χ3v) is 2.33. The maximum atomic E-state index is 10.4. The summed E-state index contributed by atoms with van der Waals surface area (Å²) in [6.45, 7) is 1.57. The summed E-state index contributed by atoms with van der Waals surface area (Å²) in [6, 6.07) is 0.